The van der Waals surface area contributed by atoms with Gasteiger partial charge in [0.05, 0.1) is 6.04 Å². The molecule has 0 fully saturated rings. The highest BCUT2D eigenvalue weighted by molar-refractivity contribution is 6.40. The van der Waals surface area contributed by atoms with Gasteiger partial charge in [0.25, 0.3) is 0 Å². The van der Waals surface area contributed by atoms with E-state index in [9.17, 15) is 4.79 Å². The van der Waals surface area contributed by atoms with Gasteiger partial charge in [0.15, 0.2) is 0 Å². The molecule has 1 unspecified atom stereocenters. The maximum Gasteiger partial charge on any atom is 0.451 e. The Morgan fingerprint density at radius 1 is 1.67 bits per heavy atom. The predicted molar refractivity (Wildman–Crippen MR) is 33.7 cm³/mol. The van der Waals surface area contributed by atoms with Gasteiger partial charge in [-0.3, -0.25) is 0 Å². The Balaban J connectivity index is 3.16. The molecule has 5 heteroatoms. The first-order valence-corrected chi connectivity index (χ1v) is 2.74. The van der Waals surface area contributed by atoms with Gasteiger partial charge in [0.2, 0.25) is 0 Å². The van der Waals surface area contributed by atoms with Crippen LogP contribution in [0.4, 0.5) is 0 Å². The van der Waals surface area contributed by atoms with Crippen molar-refractivity contribution in [1.29, 1.82) is 0 Å². The van der Waals surface area contributed by atoms with Gasteiger partial charge in [0.1, 0.15) is 6.29 Å². The lowest BCUT2D eigenvalue weighted by Gasteiger charge is -2.00. The molecular formula is C4H10BNO3. The Kier molecular flexibility index (Phi) is 4.30. The van der Waals surface area contributed by atoms with Gasteiger partial charge in [-0.2, -0.15) is 0 Å². The number of rotatable bonds is 4. The third-order valence-corrected chi connectivity index (χ3v) is 0.933. The largest absolute Gasteiger partial charge is 0.451 e. The van der Waals surface area contributed by atoms with Crippen molar-refractivity contribution in [3.8, 4) is 0 Å². The zero-order valence-electron chi connectivity index (χ0n) is 5.03. The molecule has 0 bridgehead atoms. The van der Waals surface area contributed by atoms with Gasteiger partial charge >= 0.3 is 7.12 Å². The van der Waals surface area contributed by atoms with E-state index < -0.39 is 13.2 Å². The van der Waals surface area contributed by atoms with Crippen LogP contribution in [0.2, 0.25) is 6.32 Å². The molecule has 0 aliphatic rings. The molecule has 0 spiro atoms. The molecule has 0 aliphatic heterocycles. The van der Waals surface area contributed by atoms with Gasteiger partial charge in [-0.15, -0.1) is 0 Å². The van der Waals surface area contributed by atoms with Crippen LogP contribution in [0.1, 0.15) is 6.42 Å². The van der Waals surface area contributed by atoms with Gasteiger partial charge < -0.3 is 20.6 Å². The van der Waals surface area contributed by atoms with E-state index in [4.69, 9.17) is 15.8 Å². The number of hydrogen-bond donors (Lipinski definition) is 3. The quantitative estimate of drug-likeness (QED) is 0.316. The van der Waals surface area contributed by atoms with E-state index >= 15 is 0 Å². The molecule has 0 saturated heterocycles. The first-order valence-electron chi connectivity index (χ1n) is 2.74. The Bertz CT molecular complexity index is 87.9. The van der Waals surface area contributed by atoms with Gasteiger partial charge in [-0.1, -0.05) is 0 Å². The van der Waals surface area contributed by atoms with Crippen LogP contribution >= 0.6 is 0 Å². The predicted octanol–water partition coefficient (Wildman–Crippen LogP) is -1.62. The second-order valence-corrected chi connectivity index (χ2v) is 1.86. The average molecular weight is 131 g/mol. The third kappa shape index (κ3) is 5.49. The van der Waals surface area contributed by atoms with Gasteiger partial charge in [-0.05, 0) is 12.7 Å². The fraction of sp³-hybridized carbons (Fsp3) is 0.750. The Hall–Kier alpha value is -0.385. The number of nitrogens with two attached hydrogens (primary N) is 1. The van der Waals surface area contributed by atoms with Crippen molar-refractivity contribution < 1.29 is 14.8 Å². The van der Waals surface area contributed by atoms with Crippen molar-refractivity contribution in [2.75, 3.05) is 0 Å². The summed E-state index contributed by atoms with van der Waals surface area (Å²) in [6, 6.07) is -0.563. The summed E-state index contributed by atoms with van der Waals surface area (Å²) < 4.78 is 0. The Morgan fingerprint density at radius 3 is 2.56 bits per heavy atom. The number of aldehydes is 1. The summed E-state index contributed by atoms with van der Waals surface area (Å²) in [4.78, 5) is 9.83. The molecule has 0 rings (SSSR count). The highest BCUT2D eigenvalue weighted by Gasteiger charge is 2.08. The molecule has 52 valence electrons. The summed E-state index contributed by atoms with van der Waals surface area (Å²) in [5, 5.41) is 16.6. The fourth-order valence-electron chi connectivity index (χ4n) is 0.410. The SMILES string of the molecule is NC(C=O)CCB(O)O. The maximum absolute atomic E-state index is 9.83. The molecule has 0 aliphatic carbocycles. The third-order valence-electron chi connectivity index (χ3n) is 0.933. The van der Waals surface area contributed by atoms with E-state index in [1.54, 1.807) is 0 Å². The van der Waals surface area contributed by atoms with Crippen molar-refractivity contribution in [1.82, 2.24) is 0 Å². The minimum absolute atomic E-state index is 0.153. The van der Waals surface area contributed by atoms with Crippen LogP contribution in [0.3, 0.4) is 0 Å². The Labute approximate surface area is 53.8 Å². The van der Waals surface area contributed by atoms with Crippen LogP contribution in [0, 0.1) is 0 Å². The molecule has 0 aromatic rings. The topological polar surface area (TPSA) is 83.6 Å². The molecule has 0 radical (unpaired) electrons. The van der Waals surface area contributed by atoms with Crippen LogP contribution < -0.4 is 5.73 Å². The van der Waals surface area contributed by atoms with Gasteiger partial charge in [-0.25, -0.2) is 0 Å². The van der Waals surface area contributed by atoms with E-state index in [0.29, 0.717) is 12.7 Å². The van der Waals surface area contributed by atoms with Crippen LogP contribution in [0.5, 0.6) is 0 Å². The lowest BCUT2D eigenvalue weighted by Crippen LogP contribution is -2.24. The molecule has 4 N–H and O–H groups in total. The van der Waals surface area contributed by atoms with Crippen molar-refractivity contribution in [2.24, 2.45) is 5.73 Å². The number of hydrogen-bond acceptors (Lipinski definition) is 4. The maximum atomic E-state index is 9.83. The summed E-state index contributed by atoms with van der Waals surface area (Å²) in [6.07, 6.45) is 1.06. The highest BCUT2D eigenvalue weighted by Crippen LogP contribution is 1.93. The molecule has 1 atom stereocenters. The summed E-state index contributed by atoms with van der Waals surface area (Å²) in [5.41, 5.74) is 5.13. The van der Waals surface area contributed by atoms with Crippen LogP contribution in [-0.2, 0) is 4.79 Å². The summed E-state index contributed by atoms with van der Waals surface area (Å²) in [7, 11) is -1.35. The number of carbonyl (C=O) groups excluding carboxylic acids is 1. The first-order chi connectivity index (χ1) is 4.16. The van der Waals surface area contributed by atoms with Crippen molar-refractivity contribution in [2.45, 2.75) is 18.8 Å². The molecule has 9 heavy (non-hydrogen) atoms. The molecule has 0 aromatic carbocycles. The van der Waals surface area contributed by atoms with Crippen LogP contribution in [0.15, 0.2) is 0 Å². The van der Waals surface area contributed by atoms with E-state index in [0.717, 1.165) is 0 Å². The van der Waals surface area contributed by atoms with Gasteiger partial charge in [0, 0.05) is 0 Å². The molecule has 0 amide bonds. The van der Waals surface area contributed by atoms with E-state index in [1.165, 1.54) is 0 Å². The van der Waals surface area contributed by atoms with E-state index in [-0.39, 0.29) is 6.32 Å². The summed E-state index contributed by atoms with van der Waals surface area (Å²) >= 11 is 0. The van der Waals surface area contributed by atoms with E-state index in [1.807, 2.05) is 0 Å². The second kappa shape index (κ2) is 4.49. The van der Waals surface area contributed by atoms with Crippen LogP contribution in [-0.4, -0.2) is 29.5 Å². The highest BCUT2D eigenvalue weighted by atomic mass is 16.4. The standard InChI is InChI=1S/C4H10BNO3/c6-4(3-7)1-2-5(8)9/h3-4,8-9H,1-2,6H2. The minimum atomic E-state index is -1.35. The lowest BCUT2D eigenvalue weighted by molar-refractivity contribution is -0.108. The molecular weight excluding hydrogens is 121 g/mol. The zero-order chi connectivity index (χ0) is 7.28. The zero-order valence-corrected chi connectivity index (χ0v) is 5.03. The molecule has 0 aromatic heterocycles. The molecule has 4 nitrogen and oxygen atoms in total. The van der Waals surface area contributed by atoms with E-state index in [2.05, 4.69) is 0 Å². The van der Waals surface area contributed by atoms with Crippen LogP contribution in [0.25, 0.3) is 0 Å². The Morgan fingerprint density at radius 2 is 2.22 bits per heavy atom. The van der Waals surface area contributed by atoms with Crippen molar-refractivity contribution >= 4 is 13.4 Å². The fourth-order valence-corrected chi connectivity index (χ4v) is 0.410. The van der Waals surface area contributed by atoms with Crippen molar-refractivity contribution in [3.63, 3.8) is 0 Å². The first kappa shape index (κ1) is 8.61. The van der Waals surface area contributed by atoms with Crippen molar-refractivity contribution in [3.05, 3.63) is 0 Å². The lowest BCUT2D eigenvalue weighted by atomic mass is 9.83. The monoisotopic (exact) mass is 131 g/mol. The summed E-state index contributed by atoms with van der Waals surface area (Å²) in [6.45, 7) is 0. The normalized spacial score (nSPS) is 12.8. The smallest absolute Gasteiger partial charge is 0.427 e. The summed E-state index contributed by atoms with van der Waals surface area (Å²) in [5.74, 6) is 0. The second-order valence-electron chi connectivity index (χ2n) is 1.86. The minimum Gasteiger partial charge on any atom is -0.427 e. The number of carbonyl (C=O) groups is 1. The molecule has 0 saturated carbocycles. The molecule has 0 heterocycles. The average Bonchev–Trinajstić information content (AvgIpc) is 1.83.